The van der Waals surface area contributed by atoms with E-state index >= 15 is 0 Å². The molecule has 1 aromatic heterocycles. The van der Waals surface area contributed by atoms with Gasteiger partial charge < -0.3 is 0 Å². The summed E-state index contributed by atoms with van der Waals surface area (Å²) in [5.41, 5.74) is 0. The van der Waals surface area contributed by atoms with Crippen molar-refractivity contribution < 1.29 is 0 Å². The fraction of sp³-hybridized carbons (Fsp3) is 0.444. The van der Waals surface area contributed by atoms with Crippen LogP contribution in [0.1, 0.15) is 11.8 Å². The molecule has 1 rings (SSSR count). The highest BCUT2D eigenvalue weighted by Crippen LogP contribution is 2.21. The van der Waals surface area contributed by atoms with Crippen LogP contribution in [0, 0.1) is 11.3 Å². The summed E-state index contributed by atoms with van der Waals surface area (Å²) in [5.74, 6) is 0. The highest BCUT2D eigenvalue weighted by atomic mass is 79.9. The molecular formula is C9H11BrN2S. The smallest absolute Gasteiger partial charge is 0.0950 e. The molecule has 70 valence electrons. The largest absolute Gasteiger partial charge is 0.286 e. The van der Waals surface area contributed by atoms with Crippen LogP contribution in [0.3, 0.4) is 0 Å². The van der Waals surface area contributed by atoms with Crippen molar-refractivity contribution >= 4 is 27.3 Å². The standard InChI is InChI=1S/C9H11BrN2S/c1-7(4-11)12(2)5-9-3-8(10)6-13-9/h3,6-7H,5H2,1-2H3. The normalized spacial score (nSPS) is 12.8. The SMILES string of the molecule is CC(C#N)N(C)Cc1cc(Br)cs1. The fourth-order valence-electron chi connectivity index (χ4n) is 0.918. The maximum Gasteiger partial charge on any atom is 0.0950 e. The number of rotatable bonds is 3. The molecule has 2 nitrogen and oxygen atoms in total. The molecule has 1 aromatic rings. The Balaban J connectivity index is 2.55. The maximum absolute atomic E-state index is 8.69. The lowest BCUT2D eigenvalue weighted by atomic mass is 10.3. The van der Waals surface area contributed by atoms with Gasteiger partial charge in [0.15, 0.2) is 0 Å². The van der Waals surface area contributed by atoms with Gasteiger partial charge in [0.25, 0.3) is 0 Å². The first-order valence-corrected chi connectivity index (χ1v) is 5.63. The highest BCUT2D eigenvalue weighted by molar-refractivity contribution is 9.10. The molecule has 0 aromatic carbocycles. The van der Waals surface area contributed by atoms with Crippen molar-refractivity contribution in [3.05, 3.63) is 20.8 Å². The Hall–Kier alpha value is -0.370. The van der Waals surface area contributed by atoms with Gasteiger partial charge in [-0.2, -0.15) is 5.26 Å². The quantitative estimate of drug-likeness (QED) is 0.834. The van der Waals surface area contributed by atoms with Gasteiger partial charge >= 0.3 is 0 Å². The highest BCUT2D eigenvalue weighted by Gasteiger charge is 2.08. The predicted octanol–water partition coefficient (Wildman–Crippen LogP) is 2.85. The lowest BCUT2D eigenvalue weighted by molar-refractivity contribution is 0.297. The zero-order valence-corrected chi connectivity index (χ0v) is 10.0. The van der Waals surface area contributed by atoms with Crippen molar-refractivity contribution in [1.82, 2.24) is 4.90 Å². The van der Waals surface area contributed by atoms with E-state index in [4.69, 9.17) is 5.26 Å². The van der Waals surface area contributed by atoms with E-state index in [1.807, 2.05) is 18.9 Å². The van der Waals surface area contributed by atoms with Crippen molar-refractivity contribution in [2.45, 2.75) is 19.5 Å². The Morgan fingerprint density at radius 2 is 2.46 bits per heavy atom. The average molecular weight is 259 g/mol. The summed E-state index contributed by atoms with van der Waals surface area (Å²) in [4.78, 5) is 3.30. The molecule has 0 saturated heterocycles. The molecule has 0 aliphatic heterocycles. The number of hydrogen-bond acceptors (Lipinski definition) is 3. The first kappa shape index (κ1) is 10.7. The first-order chi connectivity index (χ1) is 6.13. The van der Waals surface area contributed by atoms with E-state index in [9.17, 15) is 0 Å². The van der Waals surface area contributed by atoms with Gasteiger partial charge in [0.1, 0.15) is 0 Å². The summed E-state index contributed by atoms with van der Waals surface area (Å²) in [5, 5.41) is 10.7. The molecule has 0 amide bonds. The second-order valence-electron chi connectivity index (χ2n) is 2.95. The molecule has 1 heterocycles. The third-order valence-electron chi connectivity index (χ3n) is 1.87. The predicted molar refractivity (Wildman–Crippen MR) is 58.6 cm³/mol. The second kappa shape index (κ2) is 4.75. The zero-order valence-electron chi connectivity index (χ0n) is 7.62. The first-order valence-electron chi connectivity index (χ1n) is 3.96. The number of thiophene rings is 1. The van der Waals surface area contributed by atoms with E-state index in [-0.39, 0.29) is 6.04 Å². The van der Waals surface area contributed by atoms with Crippen LogP contribution in [0.15, 0.2) is 15.9 Å². The third-order valence-corrected chi connectivity index (χ3v) is 3.56. The monoisotopic (exact) mass is 258 g/mol. The van der Waals surface area contributed by atoms with E-state index in [0.29, 0.717) is 0 Å². The molecule has 0 fully saturated rings. The number of nitrogens with zero attached hydrogens (tertiary/aromatic N) is 2. The van der Waals surface area contributed by atoms with Gasteiger partial charge in [0, 0.05) is 21.3 Å². The van der Waals surface area contributed by atoms with E-state index in [2.05, 4.69) is 33.4 Å². The van der Waals surface area contributed by atoms with E-state index in [1.165, 1.54) is 4.88 Å². The third kappa shape index (κ3) is 3.11. The summed E-state index contributed by atoms with van der Waals surface area (Å²) in [6, 6.07) is 4.27. The van der Waals surface area contributed by atoms with Gasteiger partial charge in [-0.1, -0.05) is 0 Å². The molecule has 0 aliphatic carbocycles. The molecule has 0 saturated carbocycles. The molecule has 0 radical (unpaired) electrons. The Bertz CT molecular complexity index is 316. The summed E-state index contributed by atoms with van der Waals surface area (Å²) in [6.07, 6.45) is 0. The lowest BCUT2D eigenvalue weighted by Crippen LogP contribution is -2.26. The van der Waals surface area contributed by atoms with E-state index in [0.717, 1.165) is 11.0 Å². The van der Waals surface area contributed by atoms with Crippen LogP contribution >= 0.6 is 27.3 Å². The summed E-state index contributed by atoms with van der Waals surface area (Å²) >= 11 is 5.11. The van der Waals surface area contributed by atoms with Crippen molar-refractivity contribution in [3.63, 3.8) is 0 Å². The fourth-order valence-corrected chi connectivity index (χ4v) is 2.43. The van der Waals surface area contributed by atoms with Gasteiger partial charge in [-0.15, -0.1) is 11.3 Å². The minimum absolute atomic E-state index is 0.0270. The van der Waals surface area contributed by atoms with Crippen LogP contribution in [0.4, 0.5) is 0 Å². The molecule has 1 unspecified atom stereocenters. The van der Waals surface area contributed by atoms with Gasteiger partial charge in [0.05, 0.1) is 12.1 Å². The molecule has 1 atom stereocenters. The molecule has 0 spiro atoms. The van der Waals surface area contributed by atoms with Crippen LogP contribution in [0.5, 0.6) is 0 Å². The van der Waals surface area contributed by atoms with Crippen LogP contribution in [0.25, 0.3) is 0 Å². The Morgan fingerprint density at radius 3 is 2.92 bits per heavy atom. The van der Waals surface area contributed by atoms with Crippen molar-refractivity contribution in [2.24, 2.45) is 0 Å². The number of nitriles is 1. The Morgan fingerprint density at radius 1 is 1.77 bits per heavy atom. The molecular weight excluding hydrogens is 248 g/mol. The molecule has 13 heavy (non-hydrogen) atoms. The molecule has 0 N–H and O–H groups in total. The van der Waals surface area contributed by atoms with Crippen LogP contribution < -0.4 is 0 Å². The van der Waals surface area contributed by atoms with E-state index < -0.39 is 0 Å². The summed E-state index contributed by atoms with van der Waals surface area (Å²) in [7, 11) is 1.96. The maximum atomic E-state index is 8.69. The Kier molecular flexibility index (Phi) is 3.91. The molecule has 4 heteroatoms. The minimum Gasteiger partial charge on any atom is -0.286 e. The Labute approximate surface area is 90.9 Å². The zero-order chi connectivity index (χ0) is 9.84. The van der Waals surface area contributed by atoms with Crippen molar-refractivity contribution in [3.8, 4) is 6.07 Å². The van der Waals surface area contributed by atoms with Gasteiger partial charge in [-0.3, -0.25) is 4.90 Å². The lowest BCUT2D eigenvalue weighted by Gasteiger charge is -2.17. The van der Waals surface area contributed by atoms with E-state index in [1.54, 1.807) is 11.3 Å². The topological polar surface area (TPSA) is 27.0 Å². The number of halogens is 1. The molecule has 0 bridgehead atoms. The van der Waals surface area contributed by atoms with Crippen molar-refractivity contribution in [1.29, 1.82) is 5.26 Å². The van der Waals surface area contributed by atoms with Gasteiger partial charge in [-0.25, -0.2) is 0 Å². The molecule has 0 aliphatic rings. The summed E-state index contributed by atoms with van der Waals surface area (Å²) < 4.78 is 1.12. The number of hydrogen-bond donors (Lipinski definition) is 0. The minimum atomic E-state index is -0.0270. The van der Waals surface area contributed by atoms with Crippen LogP contribution in [0.2, 0.25) is 0 Å². The van der Waals surface area contributed by atoms with Gasteiger partial charge in [0.2, 0.25) is 0 Å². The summed E-state index contributed by atoms with van der Waals surface area (Å²) in [6.45, 7) is 2.74. The van der Waals surface area contributed by atoms with Gasteiger partial charge in [-0.05, 0) is 36.0 Å². The van der Waals surface area contributed by atoms with Crippen molar-refractivity contribution in [2.75, 3.05) is 7.05 Å². The second-order valence-corrected chi connectivity index (χ2v) is 4.86. The van der Waals surface area contributed by atoms with Crippen LogP contribution in [-0.2, 0) is 6.54 Å². The average Bonchev–Trinajstić information content (AvgIpc) is 2.49. The van der Waals surface area contributed by atoms with Crippen LogP contribution in [-0.4, -0.2) is 18.0 Å².